The van der Waals surface area contributed by atoms with Gasteiger partial charge in [-0.25, -0.2) is 4.98 Å². The molecular weight excluding hydrogens is 354 g/mol. The van der Waals surface area contributed by atoms with E-state index in [1.54, 1.807) is 14.2 Å². The summed E-state index contributed by atoms with van der Waals surface area (Å²) in [4.78, 5) is 10.5. The SMILES string of the molecule is COCCOc1cc(CN2CCC[C@H]2c2cc3cccnc3[nH]2)ccc1OC. The summed E-state index contributed by atoms with van der Waals surface area (Å²) in [7, 11) is 3.34. The summed E-state index contributed by atoms with van der Waals surface area (Å²) in [6.45, 7) is 3.01. The quantitative estimate of drug-likeness (QED) is 0.599. The van der Waals surface area contributed by atoms with Crippen molar-refractivity contribution in [2.75, 3.05) is 34.0 Å². The van der Waals surface area contributed by atoms with Gasteiger partial charge in [0.2, 0.25) is 0 Å². The van der Waals surface area contributed by atoms with Gasteiger partial charge in [-0.05, 0) is 55.3 Å². The van der Waals surface area contributed by atoms with Gasteiger partial charge in [0.25, 0.3) is 0 Å². The van der Waals surface area contributed by atoms with Crippen LogP contribution in [0.2, 0.25) is 0 Å². The molecule has 0 aliphatic carbocycles. The van der Waals surface area contributed by atoms with Gasteiger partial charge in [-0.15, -0.1) is 0 Å². The maximum absolute atomic E-state index is 5.84. The summed E-state index contributed by atoms with van der Waals surface area (Å²) in [6, 6.07) is 12.9. The highest BCUT2D eigenvalue weighted by molar-refractivity contribution is 5.76. The topological polar surface area (TPSA) is 59.6 Å². The van der Waals surface area contributed by atoms with E-state index < -0.39 is 0 Å². The average Bonchev–Trinajstić information content (AvgIpc) is 3.34. The van der Waals surface area contributed by atoms with Gasteiger partial charge < -0.3 is 19.2 Å². The van der Waals surface area contributed by atoms with E-state index in [1.807, 2.05) is 18.3 Å². The summed E-state index contributed by atoms with van der Waals surface area (Å²) in [5.41, 5.74) is 3.42. The second-order valence-corrected chi connectivity index (χ2v) is 7.12. The van der Waals surface area contributed by atoms with Gasteiger partial charge >= 0.3 is 0 Å². The van der Waals surface area contributed by atoms with Crippen LogP contribution in [-0.2, 0) is 11.3 Å². The van der Waals surface area contributed by atoms with Crippen LogP contribution < -0.4 is 9.47 Å². The Morgan fingerprint density at radius 3 is 2.89 bits per heavy atom. The normalized spacial score (nSPS) is 17.3. The minimum absolute atomic E-state index is 0.383. The number of fused-ring (bicyclic) bond motifs is 1. The van der Waals surface area contributed by atoms with Crippen molar-refractivity contribution in [2.24, 2.45) is 0 Å². The predicted octanol–water partition coefficient (Wildman–Crippen LogP) is 3.93. The molecule has 1 saturated heterocycles. The number of H-pyrrole nitrogens is 1. The summed E-state index contributed by atoms with van der Waals surface area (Å²) >= 11 is 0. The fraction of sp³-hybridized carbons (Fsp3) is 0.409. The smallest absolute Gasteiger partial charge is 0.161 e. The maximum atomic E-state index is 5.84. The average molecular weight is 381 g/mol. The van der Waals surface area contributed by atoms with Crippen LogP contribution in [0.25, 0.3) is 11.0 Å². The first kappa shape index (κ1) is 18.8. The van der Waals surface area contributed by atoms with Crippen LogP contribution in [0.5, 0.6) is 11.5 Å². The number of nitrogens with zero attached hydrogens (tertiary/aromatic N) is 2. The Kier molecular flexibility index (Phi) is 5.78. The van der Waals surface area contributed by atoms with E-state index in [0.29, 0.717) is 19.3 Å². The molecular formula is C22H27N3O3. The number of nitrogens with one attached hydrogen (secondary N) is 1. The Hall–Kier alpha value is -2.57. The molecule has 3 aromatic rings. The Balaban J connectivity index is 1.51. The van der Waals surface area contributed by atoms with Gasteiger partial charge in [0.05, 0.1) is 19.8 Å². The molecule has 4 rings (SSSR count). The number of aromatic amines is 1. The molecule has 0 radical (unpaired) electrons. The molecule has 1 aromatic carbocycles. The van der Waals surface area contributed by atoms with E-state index >= 15 is 0 Å². The second-order valence-electron chi connectivity index (χ2n) is 7.12. The van der Waals surface area contributed by atoms with E-state index in [0.717, 1.165) is 36.7 Å². The minimum Gasteiger partial charge on any atom is -0.493 e. The van der Waals surface area contributed by atoms with Gasteiger partial charge in [0.1, 0.15) is 12.3 Å². The molecule has 6 heteroatoms. The molecule has 0 bridgehead atoms. The molecule has 148 valence electrons. The summed E-state index contributed by atoms with van der Waals surface area (Å²) in [5, 5.41) is 1.17. The van der Waals surface area contributed by atoms with Gasteiger partial charge in [0.15, 0.2) is 11.5 Å². The molecule has 3 heterocycles. The Morgan fingerprint density at radius 1 is 1.14 bits per heavy atom. The highest BCUT2D eigenvalue weighted by Crippen LogP contribution is 2.35. The predicted molar refractivity (Wildman–Crippen MR) is 109 cm³/mol. The highest BCUT2D eigenvalue weighted by Gasteiger charge is 2.27. The van der Waals surface area contributed by atoms with Crippen LogP contribution in [0.4, 0.5) is 0 Å². The zero-order chi connectivity index (χ0) is 19.3. The molecule has 1 fully saturated rings. The van der Waals surface area contributed by atoms with E-state index in [4.69, 9.17) is 14.2 Å². The van der Waals surface area contributed by atoms with Crippen LogP contribution in [-0.4, -0.2) is 48.8 Å². The third-order valence-electron chi connectivity index (χ3n) is 5.29. The summed E-state index contributed by atoms with van der Waals surface area (Å²) in [6.07, 6.45) is 4.18. The Morgan fingerprint density at radius 2 is 2.07 bits per heavy atom. The van der Waals surface area contributed by atoms with Crippen molar-refractivity contribution in [1.82, 2.24) is 14.9 Å². The lowest BCUT2D eigenvalue weighted by Crippen LogP contribution is -2.23. The van der Waals surface area contributed by atoms with Crippen LogP contribution in [0.3, 0.4) is 0 Å². The number of ether oxygens (including phenoxy) is 3. The van der Waals surface area contributed by atoms with E-state index in [9.17, 15) is 0 Å². The zero-order valence-electron chi connectivity index (χ0n) is 16.5. The fourth-order valence-corrected chi connectivity index (χ4v) is 3.93. The van der Waals surface area contributed by atoms with Crippen molar-refractivity contribution in [3.8, 4) is 11.5 Å². The first-order valence-corrected chi connectivity index (χ1v) is 9.75. The Labute approximate surface area is 165 Å². The first-order chi connectivity index (χ1) is 13.8. The van der Waals surface area contributed by atoms with E-state index in [1.165, 1.54) is 23.1 Å². The lowest BCUT2D eigenvalue weighted by molar-refractivity contribution is 0.144. The molecule has 0 saturated carbocycles. The van der Waals surface area contributed by atoms with Crippen molar-refractivity contribution in [3.05, 3.63) is 53.9 Å². The lowest BCUT2D eigenvalue weighted by Gasteiger charge is -2.24. The largest absolute Gasteiger partial charge is 0.493 e. The van der Waals surface area contributed by atoms with E-state index in [2.05, 4.69) is 39.1 Å². The number of pyridine rings is 1. The molecule has 1 atom stereocenters. The van der Waals surface area contributed by atoms with Crippen LogP contribution >= 0.6 is 0 Å². The van der Waals surface area contributed by atoms with Crippen molar-refractivity contribution in [1.29, 1.82) is 0 Å². The van der Waals surface area contributed by atoms with E-state index in [-0.39, 0.29) is 0 Å². The molecule has 1 N–H and O–H groups in total. The van der Waals surface area contributed by atoms with Crippen LogP contribution in [0, 0.1) is 0 Å². The number of aromatic nitrogens is 2. The number of hydrogen-bond donors (Lipinski definition) is 1. The fourth-order valence-electron chi connectivity index (χ4n) is 3.93. The van der Waals surface area contributed by atoms with Crippen molar-refractivity contribution < 1.29 is 14.2 Å². The third kappa shape index (κ3) is 3.98. The van der Waals surface area contributed by atoms with Crippen molar-refractivity contribution >= 4 is 11.0 Å². The van der Waals surface area contributed by atoms with Crippen LogP contribution in [0.15, 0.2) is 42.6 Å². The zero-order valence-corrected chi connectivity index (χ0v) is 16.5. The van der Waals surface area contributed by atoms with Gasteiger partial charge in [0, 0.05) is 30.9 Å². The molecule has 2 aromatic heterocycles. The number of methoxy groups -OCH3 is 2. The molecule has 0 amide bonds. The van der Waals surface area contributed by atoms with Gasteiger partial charge in [-0.1, -0.05) is 6.07 Å². The molecule has 0 spiro atoms. The molecule has 0 unspecified atom stereocenters. The molecule has 28 heavy (non-hydrogen) atoms. The van der Waals surface area contributed by atoms with Crippen LogP contribution in [0.1, 0.15) is 30.1 Å². The number of rotatable bonds is 8. The molecule has 6 nitrogen and oxygen atoms in total. The van der Waals surface area contributed by atoms with Gasteiger partial charge in [-0.3, -0.25) is 4.90 Å². The summed E-state index contributed by atoms with van der Waals surface area (Å²) < 4.78 is 16.4. The minimum atomic E-state index is 0.383. The third-order valence-corrected chi connectivity index (χ3v) is 5.29. The monoisotopic (exact) mass is 381 g/mol. The maximum Gasteiger partial charge on any atom is 0.161 e. The van der Waals surface area contributed by atoms with Crippen molar-refractivity contribution in [2.45, 2.75) is 25.4 Å². The number of likely N-dealkylation sites (tertiary alicyclic amines) is 1. The lowest BCUT2D eigenvalue weighted by atomic mass is 10.1. The highest BCUT2D eigenvalue weighted by atomic mass is 16.5. The van der Waals surface area contributed by atoms with Crippen molar-refractivity contribution in [3.63, 3.8) is 0 Å². The number of hydrogen-bond acceptors (Lipinski definition) is 5. The van der Waals surface area contributed by atoms with Gasteiger partial charge in [-0.2, -0.15) is 0 Å². The molecule has 1 aliphatic heterocycles. The first-order valence-electron chi connectivity index (χ1n) is 9.75. The standard InChI is InChI=1S/C22H27N3O3/c1-26-11-12-28-21-13-16(7-8-20(21)27-2)15-25-10-4-6-19(25)18-14-17-5-3-9-23-22(17)24-18/h3,5,7-9,13-14,19H,4,6,10-12,15H2,1-2H3,(H,23,24)/t19-/m0/s1. The molecule has 1 aliphatic rings. The second kappa shape index (κ2) is 8.63. The summed E-state index contributed by atoms with van der Waals surface area (Å²) in [5.74, 6) is 1.52. The Bertz CT molecular complexity index is 891. The number of benzene rings is 1.